The van der Waals surface area contributed by atoms with Gasteiger partial charge < -0.3 is 11.6 Å². The molecule has 0 bridgehead atoms. The van der Waals surface area contributed by atoms with Crippen molar-refractivity contribution in [2.24, 2.45) is 0 Å². The van der Waals surface area contributed by atoms with Crippen LogP contribution in [0.3, 0.4) is 0 Å². The third-order valence-corrected chi connectivity index (χ3v) is 0. The molecule has 0 aliphatic carbocycles. The Balaban J connectivity index is -0.0000000150. The van der Waals surface area contributed by atoms with Crippen LogP contribution in [-0.2, 0) is 0 Å². The molecule has 0 radical (unpaired) electrons. The quantitative estimate of drug-likeness (QED) is 0.334. The Morgan fingerprint density at radius 2 is 1.50 bits per heavy atom. The van der Waals surface area contributed by atoms with Crippen LogP contribution in [0, 0.1) is 0 Å². The first-order valence-corrected chi connectivity index (χ1v) is 0.651. The van der Waals surface area contributed by atoms with Crippen LogP contribution < -0.4 is 18.9 Å². The smallest absolute Gasteiger partial charge is 1.00 e. The van der Waals surface area contributed by atoms with E-state index >= 15 is 0 Å². The van der Waals surface area contributed by atoms with Crippen molar-refractivity contribution in [2.75, 3.05) is 0 Å². The van der Waals surface area contributed by atoms with Crippen molar-refractivity contribution in [3.05, 3.63) is 0 Å². The van der Waals surface area contributed by atoms with E-state index in [1.807, 2.05) is 0 Å². The molecule has 34 valence electrons. The molecule has 0 saturated carbocycles. The molecular weight excluding hydrogens is 79.0 g/mol. The van der Waals surface area contributed by atoms with E-state index in [-0.39, 0.29) is 27.7 Å². The van der Waals surface area contributed by atoms with Gasteiger partial charge in [-0.1, -0.05) is 7.43 Å². The fourth-order valence-corrected chi connectivity index (χ4v) is 0. The molecule has 0 aliphatic heterocycles. The average molecular weight is 86.0 g/mol. The Morgan fingerprint density at radius 1 is 1.50 bits per heavy atom. The minimum Gasteiger partial charge on any atom is -1.00 e. The molecule has 0 aliphatic rings. The summed E-state index contributed by atoms with van der Waals surface area (Å²) in [4.78, 5) is 8.56. The molecule has 0 aromatic heterocycles. The maximum atomic E-state index is 8.56. The van der Waals surface area contributed by atoms with Gasteiger partial charge in [0.15, 0.2) is 0 Å². The fraction of sp³-hybridized carbons (Fsp3) is 0.500. The first-order chi connectivity index (χ1) is 1.73. The van der Waals surface area contributed by atoms with Crippen molar-refractivity contribution in [3.8, 4) is 0 Å². The number of hydrogen-bond acceptors (Lipinski definition) is 1. The summed E-state index contributed by atoms with van der Waals surface area (Å²) in [7, 11) is 0. The third-order valence-electron chi connectivity index (χ3n) is 0. The Morgan fingerprint density at radius 3 is 1.50 bits per heavy atom. The van der Waals surface area contributed by atoms with Crippen LogP contribution in [0.25, 0.3) is 0 Å². The van der Waals surface area contributed by atoms with E-state index in [1.165, 1.54) is 0 Å². The number of rotatable bonds is 0. The zero-order chi connectivity index (χ0) is 3.58. The Bertz CT molecular complexity index is 35.9. The van der Waals surface area contributed by atoms with Gasteiger partial charge in [0, 0.05) is 0 Å². The minimum absolute atomic E-state index is 0. The molecule has 0 unspecified atom stereocenters. The Labute approximate surface area is 49.6 Å². The van der Waals surface area contributed by atoms with Gasteiger partial charge in [-0.25, -0.2) is 4.79 Å². The van der Waals surface area contributed by atoms with Crippen LogP contribution in [0.2, 0.25) is 0 Å². The zero-order valence-corrected chi connectivity index (χ0v) is 2.80. The summed E-state index contributed by atoms with van der Waals surface area (Å²) in [5.74, 6) is 0. The summed E-state index contributed by atoms with van der Waals surface area (Å²) >= 11 is 0. The normalized spacial score (nSPS) is 4.00. The molecule has 0 atom stereocenters. The van der Waals surface area contributed by atoms with Gasteiger partial charge in [0.25, 0.3) is 0 Å². The molecule has 3 nitrogen and oxygen atoms in total. The van der Waals surface area contributed by atoms with E-state index in [0.717, 1.165) is 0 Å². The molecule has 4 heteroatoms. The van der Waals surface area contributed by atoms with E-state index in [0.29, 0.717) is 0 Å². The monoisotopic (exact) mass is 86.1 g/mol. The van der Waals surface area contributed by atoms with Gasteiger partial charge in [-0.15, -0.1) is 0 Å². The van der Waals surface area contributed by atoms with E-state index in [4.69, 9.17) is 15.0 Å². The SMILES string of the molecule is C.O=C(O)O.[H-].[Li+]. The summed E-state index contributed by atoms with van der Waals surface area (Å²) in [6, 6.07) is 0. The largest absolute Gasteiger partial charge is 1.00 e. The van der Waals surface area contributed by atoms with Crippen LogP contribution >= 0.6 is 0 Å². The first kappa shape index (κ1) is 16.9. The Hall–Kier alpha value is -0.133. The standard InChI is InChI=1S/CH2O3.CH4.Li.H/c2-1(3)4;;;/h(H2,2,3,4);1H4;;/q;;+1;-1. The topological polar surface area (TPSA) is 57.5 Å². The van der Waals surface area contributed by atoms with Gasteiger partial charge in [0.2, 0.25) is 0 Å². The second-order valence-corrected chi connectivity index (χ2v) is 0.283. The van der Waals surface area contributed by atoms with Gasteiger partial charge in [0.1, 0.15) is 0 Å². The molecule has 0 heterocycles. The summed E-state index contributed by atoms with van der Waals surface area (Å²) in [5, 5.41) is 13.9. The van der Waals surface area contributed by atoms with Crippen LogP contribution in [0.15, 0.2) is 0 Å². The number of carboxylic acid groups (broad SMARTS) is 2. The molecule has 6 heavy (non-hydrogen) atoms. The van der Waals surface area contributed by atoms with E-state index in [1.54, 1.807) is 0 Å². The first-order valence-electron chi connectivity index (χ1n) is 0.651. The number of hydrogen-bond donors (Lipinski definition) is 2. The molecule has 0 saturated heterocycles. The molecule has 0 spiro atoms. The minimum atomic E-state index is -1.83. The van der Waals surface area contributed by atoms with Gasteiger partial charge in [0.05, 0.1) is 0 Å². The van der Waals surface area contributed by atoms with Gasteiger partial charge in [-0.05, 0) is 0 Å². The maximum absolute atomic E-state index is 8.56. The molecule has 0 aromatic carbocycles. The van der Waals surface area contributed by atoms with Crippen molar-refractivity contribution in [1.82, 2.24) is 0 Å². The van der Waals surface area contributed by atoms with Gasteiger partial charge in [-0.3, -0.25) is 0 Å². The molecule has 2 N–H and O–H groups in total. The molecule has 0 aromatic rings. The van der Waals surface area contributed by atoms with Crippen molar-refractivity contribution in [2.45, 2.75) is 7.43 Å². The summed E-state index contributed by atoms with van der Waals surface area (Å²) in [6.07, 6.45) is -1.83. The zero-order valence-electron chi connectivity index (χ0n) is 3.80. The van der Waals surface area contributed by atoms with E-state index in [9.17, 15) is 0 Å². The van der Waals surface area contributed by atoms with Crippen molar-refractivity contribution >= 4 is 6.16 Å². The Kier molecular flexibility index (Phi) is 24.9. The molecule has 0 amide bonds. The predicted octanol–water partition coefficient (Wildman–Crippen LogP) is -2.02. The average Bonchev–Trinajstić information content (AvgIpc) is 0.811. The van der Waals surface area contributed by atoms with E-state index < -0.39 is 6.16 Å². The second-order valence-electron chi connectivity index (χ2n) is 0.283. The van der Waals surface area contributed by atoms with E-state index in [2.05, 4.69) is 0 Å². The summed E-state index contributed by atoms with van der Waals surface area (Å²) in [5.41, 5.74) is 0. The fourth-order valence-electron chi connectivity index (χ4n) is 0. The van der Waals surface area contributed by atoms with Crippen molar-refractivity contribution in [3.63, 3.8) is 0 Å². The van der Waals surface area contributed by atoms with Crippen LogP contribution in [0.1, 0.15) is 8.85 Å². The van der Waals surface area contributed by atoms with Crippen LogP contribution in [0.4, 0.5) is 4.79 Å². The number of carbonyl (C=O) groups is 1. The molecule has 0 rings (SSSR count). The maximum Gasteiger partial charge on any atom is 1.00 e. The third kappa shape index (κ3) is 1810. The summed E-state index contributed by atoms with van der Waals surface area (Å²) in [6.45, 7) is 0. The van der Waals surface area contributed by atoms with Crippen LogP contribution in [0.5, 0.6) is 0 Å². The van der Waals surface area contributed by atoms with Crippen molar-refractivity contribution in [1.29, 1.82) is 0 Å². The second kappa shape index (κ2) is 8.85. The van der Waals surface area contributed by atoms with Crippen LogP contribution in [-0.4, -0.2) is 16.4 Å². The molecular formula is C2H7LiO3. The summed E-state index contributed by atoms with van der Waals surface area (Å²) < 4.78 is 0. The predicted molar refractivity (Wildman–Crippen MR) is 18.5 cm³/mol. The van der Waals surface area contributed by atoms with Gasteiger partial charge >= 0.3 is 25.0 Å². The van der Waals surface area contributed by atoms with Crippen molar-refractivity contribution < 1.29 is 35.3 Å². The van der Waals surface area contributed by atoms with Gasteiger partial charge in [-0.2, -0.15) is 0 Å². The molecule has 0 fully saturated rings.